The lowest BCUT2D eigenvalue weighted by Crippen LogP contribution is -2.38. The lowest BCUT2D eigenvalue weighted by atomic mass is 10.1. The molecule has 1 fully saturated rings. The Morgan fingerprint density at radius 2 is 2.10 bits per heavy atom. The second kappa shape index (κ2) is 15.9. The van der Waals surface area contributed by atoms with E-state index in [1.54, 1.807) is 0 Å². The van der Waals surface area contributed by atoms with Crippen molar-refractivity contribution >= 4 is 29.9 Å². The maximum Gasteiger partial charge on any atom is 0.191 e. The molecule has 6 nitrogen and oxygen atoms in total. The van der Waals surface area contributed by atoms with Crippen LogP contribution in [-0.2, 0) is 22.6 Å². The first kappa shape index (κ1) is 26.1. The van der Waals surface area contributed by atoms with E-state index < -0.39 is 0 Å². The maximum atomic E-state index is 5.71. The summed E-state index contributed by atoms with van der Waals surface area (Å²) in [5, 5.41) is 6.71. The smallest absolute Gasteiger partial charge is 0.191 e. The Morgan fingerprint density at radius 3 is 2.83 bits per heavy atom. The molecule has 0 bridgehead atoms. The van der Waals surface area contributed by atoms with Crippen molar-refractivity contribution in [3.05, 3.63) is 35.4 Å². The molecule has 1 heterocycles. The van der Waals surface area contributed by atoms with Gasteiger partial charge in [0.1, 0.15) is 0 Å². The van der Waals surface area contributed by atoms with Crippen molar-refractivity contribution in [3.63, 3.8) is 0 Å². The van der Waals surface area contributed by atoms with E-state index in [0.717, 1.165) is 71.2 Å². The van der Waals surface area contributed by atoms with E-state index in [0.29, 0.717) is 12.6 Å². The number of guanidine groups is 1. The Kier molecular flexibility index (Phi) is 14.3. The lowest BCUT2D eigenvalue weighted by Gasteiger charge is -2.14. The van der Waals surface area contributed by atoms with E-state index in [9.17, 15) is 0 Å². The molecule has 1 aliphatic heterocycles. The predicted octanol–water partition coefficient (Wildman–Crippen LogP) is 3.40. The first-order chi connectivity index (χ1) is 13.7. The van der Waals surface area contributed by atoms with Crippen LogP contribution in [0.15, 0.2) is 29.3 Å². The molecule has 7 heteroatoms. The third-order valence-electron chi connectivity index (χ3n) is 4.83. The van der Waals surface area contributed by atoms with Crippen LogP contribution in [0.5, 0.6) is 0 Å². The van der Waals surface area contributed by atoms with Gasteiger partial charge in [0, 0.05) is 32.8 Å². The molecule has 1 unspecified atom stereocenters. The van der Waals surface area contributed by atoms with E-state index in [-0.39, 0.29) is 24.0 Å². The van der Waals surface area contributed by atoms with E-state index in [1.165, 1.54) is 11.1 Å². The molecule has 1 aromatic carbocycles. The quantitative estimate of drug-likeness (QED) is 0.192. The van der Waals surface area contributed by atoms with Crippen molar-refractivity contribution in [2.24, 2.45) is 4.99 Å². The summed E-state index contributed by atoms with van der Waals surface area (Å²) in [5.41, 5.74) is 2.57. The normalized spacial score (nSPS) is 16.7. The number of benzene rings is 1. The molecule has 0 radical (unpaired) electrons. The first-order valence-electron chi connectivity index (χ1n) is 10.7. The number of rotatable bonds is 12. The number of nitrogens with one attached hydrogen (secondary N) is 2. The Bertz CT molecular complexity index is 580. The van der Waals surface area contributed by atoms with Crippen molar-refractivity contribution in [3.8, 4) is 0 Å². The highest BCUT2D eigenvalue weighted by atomic mass is 127. The minimum atomic E-state index is 0. The molecular weight excluding hydrogens is 479 g/mol. The van der Waals surface area contributed by atoms with E-state index >= 15 is 0 Å². The summed E-state index contributed by atoms with van der Waals surface area (Å²) >= 11 is 0. The van der Waals surface area contributed by atoms with E-state index in [2.05, 4.69) is 60.7 Å². The zero-order valence-electron chi connectivity index (χ0n) is 18.3. The van der Waals surface area contributed by atoms with Crippen LogP contribution in [0.2, 0.25) is 0 Å². The number of halogens is 1. The first-order valence-corrected chi connectivity index (χ1v) is 10.7. The highest BCUT2D eigenvalue weighted by Gasteiger charge is 2.14. The number of ether oxygens (including phenoxy) is 2. The zero-order valence-corrected chi connectivity index (χ0v) is 20.6. The van der Waals surface area contributed by atoms with E-state index in [4.69, 9.17) is 14.5 Å². The summed E-state index contributed by atoms with van der Waals surface area (Å²) in [4.78, 5) is 7.03. The average Bonchev–Trinajstić information content (AvgIpc) is 3.22. The predicted molar refractivity (Wildman–Crippen MR) is 131 cm³/mol. The van der Waals surface area contributed by atoms with Gasteiger partial charge in [-0.25, -0.2) is 4.99 Å². The fourth-order valence-corrected chi connectivity index (χ4v) is 3.13. The third-order valence-corrected chi connectivity index (χ3v) is 4.83. The van der Waals surface area contributed by atoms with Crippen molar-refractivity contribution in [1.82, 2.24) is 15.5 Å². The molecule has 29 heavy (non-hydrogen) atoms. The SMILES string of the molecule is CCNC(=NCc1cccc(CN(C)CC)c1)NCCCOCC1CCCO1.I. The second-order valence-electron chi connectivity index (χ2n) is 7.34. The topological polar surface area (TPSA) is 58.1 Å². The van der Waals surface area contributed by atoms with Gasteiger partial charge in [-0.15, -0.1) is 24.0 Å². The monoisotopic (exact) mass is 518 g/mol. The van der Waals surface area contributed by atoms with Gasteiger partial charge in [0.25, 0.3) is 0 Å². The maximum absolute atomic E-state index is 5.71. The Hall–Kier alpha value is -0.900. The second-order valence-corrected chi connectivity index (χ2v) is 7.34. The van der Waals surface area contributed by atoms with Gasteiger partial charge >= 0.3 is 0 Å². The average molecular weight is 518 g/mol. The van der Waals surface area contributed by atoms with E-state index in [1.807, 2.05) is 0 Å². The minimum Gasteiger partial charge on any atom is -0.379 e. The number of nitrogens with zero attached hydrogens (tertiary/aromatic N) is 2. The fraction of sp³-hybridized carbons (Fsp3) is 0.682. The lowest BCUT2D eigenvalue weighted by molar-refractivity contribution is 0.0168. The zero-order chi connectivity index (χ0) is 20.0. The van der Waals surface area contributed by atoms with Crippen molar-refractivity contribution in [1.29, 1.82) is 0 Å². The number of hydrogen-bond donors (Lipinski definition) is 2. The summed E-state index contributed by atoms with van der Waals surface area (Å²) in [6.07, 6.45) is 3.55. The van der Waals surface area contributed by atoms with Gasteiger partial charge in [-0.2, -0.15) is 0 Å². The van der Waals surface area contributed by atoms with Gasteiger partial charge in [-0.1, -0.05) is 31.2 Å². The largest absolute Gasteiger partial charge is 0.379 e. The molecule has 0 spiro atoms. The summed E-state index contributed by atoms with van der Waals surface area (Å²) in [6, 6.07) is 8.69. The van der Waals surface area contributed by atoms with Gasteiger partial charge < -0.3 is 25.0 Å². The standard InChI is InChI=1S/C22H38N4O2.HI/c1-4-23-22(24-12-8-13-27-18-21-11-7-14-28-21)25-16-19-9-6-10-20(15-19)17-26(3)5-2;/h6,9-10,15,21H,4-5,7-8,11-14,16-18H2,1-3H3,(H2,23,24,25);1H. The van der Waals surface area contributed by atoms with Crippen LogP contribution in [0.4, 0.5) is 0 Å². The Balaban J connectivity index is 0.00000420. The van der Waals surface area contributed by atoms with Crippen LogP contribution in [0, 0.1) is 0 Å². The molecule has 1 atom stereocenters. The van der Waals surface area contributed by atoms with Gasteiger partial charge in [0.05, 0.1) is 19.3 Å². The number of hydrogen-bond acceptors (Lipinski definition) is 4. The van der Waals surface area contributed by atoms with Crippen LogP contribution < -0.4 is 10.6 Å². The van der Waals surface area contributed by atoms with Gasteiger partial charge in [0.15, 0.2) is 5.96 Å². The number of aliphatic imine (C=N–C) groups is 1. The van der Waals surface area contributed by atoms with Crippen LogP contribution in [0.1, 0.15) is 44.2 Å². The molecule has 0 saturated carbocycles. The Labute approximate surface area is 193 Å². The molecule has 2 rings (SSSR count). The molecule has 0 aromatic heterocycles. The van der Waals surface area contributed by atoms with Gasteiger partial charge in [-0.05, 0) is 50.9 Å². The van der Waals surface area contributed by atoms with Crippen molar-refractivity contribution in [2.75, 3.05) is 46.5 Å². The fourth-order valence-electron chi connectivity index (χ4n) is 3.13. The van der Waals surface area contributed by atoms with Crippen LogP contribution >= 0.6 is 24.0 Å². The van der Waals surface area contributed by atoms with Crippen LogP contribution in [0.25, 0.3) is 0 Å². The van der Waals surface area contributed by atoms with Crippen molar-refractivity contribution < 1.29 is 9.47 Å². The summed E-state index contributed by atoms with van der Waals surface area (Å²) < 4.78 is 11.3. The molecule has 166 valence electrons. The van der Waals surface area contributed by atoms with Crippen molar-refractivity contribution in [2.45, 2.75) is 52.3 Å². The third kappa shape index (κ3) is 11.2. The molecule has 1 aromatic rings. The highest BCUT2D eigenvalue weighted by molar-refractivity contribution is 14.0. The molecule has 0 aliphatic carbocycles. The van der Waals surface area contributed by atoms with Crippen LogP contribution in [0.3, 0.4) is 0 Å². The minimum absolute atomic E-state index is 0. The van der Waals surface area contributed by atoms with Gasteiger partial charge in [-0.3, -0.25) is 0 Å². The molecule has 2 N–H and O–H groups in total. The molecule has 0 amide bonds. The van der Waals surface area contributed by atoms with Gasteiger partial charge in [0.2, 0.25) is 0 Å². The molecule has 1 saturated heterocycles. The summed E-state index contributed by atoms with van der Waals surface area (Å²) in [6.45, 7) is 11.0. The highest BCUT2D eigenvalue weighted by Crippen LogP contribution is 2.12. The molecular formula is C22H39IN4O2. The summed E-state index contributed by atoms with van der Waals surface area (Å²) in [5.74, 6) is 0.859. The van der Waals surface area contributed by atoms with Crippen LogP contribution in [-0.4, -0.2) is 63.5 Å². The Morgan fingerprint density at radius 1 is 1.28 bits per heavy atom. The summed E-state index contributed by atoms with van der Waals surface area (Å²) in [7, 11) is 2.14. The molecule has 1 aliphatic rings.